The number of carbonyl (C=O) groups is 2. The Hall–Kier alpha value is -0.810. The number of hydrogen-bond acceptors (Lipinski definition) is 5. The third kappa shape index (κ3) is 6.98. The second-order valence-electron chi connectivity index (χ2n) is 6.13. The van der Waals surface area contributed by atoms with Crippen molar-refractivity contribution < 1.29 is 14.4 Å². The van der Waals surface area contributed by atoms with Crippen molar-refractivity contribution in [1.82, 2.24) is 0 Å². The van der Waals surface area contributed by atoms with Crippen molar-refractivity contribution in [2.75, 3.05) is 12.4 Å². The number of ketones is 2. The monoisotopic (exact) mass is 373 g/mol. The number of halogens is 1. The predicted octanol–water partition coefficient (Wildman–Crippen LogP) is 4.61. The molecule has 1 aliphatic carbocycles. The van der Waals surface area contributed by atoms with E-state index in [1.54, 1.807) is 6.08 Å². The van der Waals surface area contributed by atoms with Gasteiger partial charge in [-0.3, -0.25) is 9.59 Å². The highest BCUT2D eigenvalue weighted by molar-refractivity contribution is 7.99. The largest absolute Gasteiger partial charge is 0.392 e. The lowest BCUT2D eigenvalue weighted by molar-refractivity contribution is -0.134. The lowest BCUT2D eigenvalue weighted by Crippen LogP contribution is -2.39. The lowest BCUT2D eigenvalue weighted by Gasteiger charge is -2.28. The first kappa shape index (κ1) is 21.2. The molecule has 4 nitrogen and oxygen atoms in total. The summed E-state index contributed by atoms with van der Waals surface area (Å²) in [5.74, 6) is 0.496. The van der Waals surface area contributed by atoms with E-state index in [1.165, 1.54) is 5.54 Å². The standard InChI is InChI=1S/C18H28ClNO3S/c1-4-7-15(20-23-9-6-8-19)18-16(21)11-14(12-17(18)22)10-13(3)24-5-2/h6,8,13-14,18H,4-5,7,9-12H2,1-3H3/b8-6+,20-15?. The Morgan fingerprint density at radius 2 is 2.04 bits per heavy atom. The molecule has 0 N–H and O–H groups in total. The van der Waals surface area contributed by atoms with E-state index in [0.29, 0.717) is 30.2 Å². The fourth-order valence-electron chi connectivity index (χ4n) is 3.12. The second-order valence-corrected chi connectivity index (χ2v) is 8.10. The highest BCUT2D eigenvalue weighted by Gasteiger charge is 2.38. The van der Waals surface area contributed by atoms with E-state index < -0.39 is 5.92 Å². The number of carbonyl (C=O) groups excluding carboxylic acids is 2. The molecule has 1 rings (SSSR count). The molecule has 0 spiro atoms. The van der Waals surface area contributed by atoms with E-state index in [1.807, 2.05) is 18.7 Å². The average Bonchev–Trinajstić information content (AvgIpc) is 2.51. The van der Waals surface area contributed by atoms with Crippen LogP contribution in [0.4, 0.5) is 0 Å². The molecule has 0 radical (unpaired) electrons. The van der Waals surface area contributed by atoms with Gasteiger partial charge < -0.3 is 4.84 Å². The Morgan fingerprint density at radius 1 is 1.38 bits per heavy atom. The first-order valence-electron chi connectivity index (χ1n) is 8.64. The van der Waals surface area contributed by atoms with Gasteiger partial charge >= 0.3 is 0 Å². The molecule has 0 aromatic rings. The van der Waals surface area contributed by atoms with Crippen LogP contribution >= 0.6 is 23.4 Å². The third-order valence-corrected chi connectivity index (χ3v) is 5.29. The summed E-state index contributed by atoms with van der Waals surface area (Å²) in [5, 5.41) is 4.53. The Kier molecular flexibility index (Phi) is 10.3. The van der Waals surface area contributed by atoms with Crippen LogP contribution in [0.3, 0.4) is 0 Å². The number of nitrogens with zero attached hydrogens (tertiary/aromatic N) is 1. The molecule has 0 aliphatic heterocycles. The molecule has 0 saturated heterocycles. The maximum Gasteiger partial charge on any atom is 0.149 e. The summed E-state index contributed by atoms with van der Waals surface area (Å²) in [6, 6.07) is 0. The number of oxime groups is 1. The van der Waals surface area contributed by atoms with Crippen molar-refractivity contribution in [2.24, 2.45) is 17.0 Å². The molecule has 24 heavy (non-hydrogen) atoms. The summed E-state index contributed by atoms with van der Waals surface area (Å²) >= 11 is 7.31. The fourth-order valence-corrected chi connectivity index (χ4v) is 4.17. The minimum atomic E-state index is -0.713. The van der Waals surface area contributed by atoms with Crippen molar-refractivity contribution in [2.45, 2.75) is 58.1 Å². The van der Waals surface area contributed by atoms with Gasteiger partial charge in [0.05, 0.1) is 5.71 Å². The van der Waals surface area contributed by atoms with Gasteiger partial charge in [0.2, 0.25) is 0 Å². The van der Waals surface area contributed by atoms with Gasteiger partial charge in [-0.2, -0.15) is 11.8 Å². The summed E-state index contributed by atoms with van der Waals surface area (Å²) in [6.45, 7) is 6.53. The van der Waals surface area contributed by atoms with Crippen LogP contribution in [-0.4, -0.2) is 34.9 Å². The molecule has 1 fully saturated rings. The van der Waals surface area contributed by atoms with E-state index in [9.17, 15) is 9.59 Å². The molecular weight excluding hydrogens is 346 g/mol. The van der Waals surface area contributed by atoms with Gasteiger partial charge in [-0.05, 0) is 30.6 Å². The van der Waals surface area contributed by atoms with Gasteiger partial charge in [-0.1, -0.05) is 43.9 Å². The summed E-state index contributed by atoms with van der Waals surface area (Å²) in [5.41, 5.74) is 1.91. The average molecular weight is 374 g/mol. The maximum absolute atomic E-state index is 12.6. The fraction of sp³-hybridized carbons (Fsp3) is 0.722. The summed E-state index contributed by atoms with van der Waals surface area (Å²) in [7, 11) is 0. The lowest BCUT2D eigenvalue weighted by atomic mass is 9.75. The summed E-state index contributed by atoms with van der Waals surface area (Å²) in [4.78, 5) is 30.3. The number of rotatable bonds is 10. The number of thioether (sulfide) groups is 1. The quantitative estimate of drug-likeness (QED) is 0.243. The molecule has 1 unspecified atom stereocenters. The molecule has 1 saturated carbocycles. The zero-order valence-electron chi connectivity index (χ0n) is 14.8. The molecule has 0 heterocycles. The van der Waals surface area contributed by atoms with Crippen LogP contribution in [0, 0.1) is 11.8 Å². The zero-order valence-corrected chi connectivity index (χ0v) is 16.4. The van der Waals surface area contributed by atoms with Crippen LogP contribution in [0.1, 0.15) is 52.9 Å². The van der Waals surface area contributed by atoms with E-state index in [4.69, 9.17) is 16.4 Å². The molecule has 136 valence electrons. The van der Waals surface area contributed by atoms with Gasteiger partial charge in [0, 0.05) is 23.6 Å². The molecule has 6 heteroatoms. The van der Waals surface area contributed by atoms with Gasteiger partial charge in [0.25, 0.3) is 0 Å². The van der Waals surface area contributed by atoms with Crippen molar-refractivity contribution in [3.8, 4) is 0 Å². The van der Waals surface area contributed by atoms with Crippen LogP contribution in [0.2, 0.25) is 0 Å². The highest BCUT2D eigenvalue weighted by Crippen LogP contribution is 2.31. The van der Waals surface area contributed by atoms with E-state index in [-0.39, 0.29) is 24.1 Å². The summed E-state index contributed by atoms with van der Waals surface area (Å²) in [6.07, 6.45) is 4.88. The van der Waals surface area contributed by atoms with E-state index in [0.717, 1.165) is 18.6 Å². The predicted molar refractivity (Wildman–Crippen MR) is 102 cm³/mol. The minimum absolute atomic E-state index is 0.00589. The maximum atomic E-state index is 12.6. The van der Waals surface area contributed by atoms with Crippen LogP contribution in [-0.2, 0) is 14.4 Å². The smallest absolute Gasteiger partial charge is 0.149 e. The van der Waals surface area contributed by atoms with Crippen molar-refractivity contribution in [3.63, 3.8) is 0 Å². The highest BCUT2D eigenvalue weighted by atomic mass is 35.5. The van der Waals surface area contributed by atoms with Gasteiger partial charge in [-0.15, -0.1) is 0 Å². The van der Waals surface area contributed by atoms with Crippen molar-refractivity contribution in [3.05, 3.63) is 11.6 Å². The Bertz CT molecular complexity index is 461. The Balaban J connectivity index is 2.73. The topological polar surface area (TPSA) is 55.7 Å². The van der Waals surface area contributed by atoms with Gasteiger partial charge in [0.15, 0.2) is 0 Å². The normalized spacial score (nSPS) is 23.8. The van der Waals surface area contributed by atoms with Crippen molar-refractivity contribution in [1.29, 1.82) is 0 Å². The van der Waals surface area contributed by atoms with Crippen molar-refractivity contribution >= 4 is 40.6 Å². The molecule has 1 atom stereocenters. The van der Waals surface area contributed by atoms with E-state index >= 15 is 0 Å². The SMILES string of the molecule is CCCC(=NOC/C=C/Cl)C1C(=O)CC(CC(C)SCC)CC1=O. The van der Waals surface area contributed by atoms with Crippen LogP contribution in [0.25, 0.3) is 0 Å². The Morgan fingerprint density at radius 3 is 2.58 bits per heavy atom. The van der Waals surface area contributed by atoms with E-state index in [2.05, 4.69) is 19.0 Å². The second kappa shape index (κ2) is 11.7. The zero-order chi connectivity index (χ0) is 17.9. The molecule has 0 bridgehead atoms. The van der Waals surface area contributed by atoms with Gasteiger partial charge in [-0.25, -0.2) is 0 Å². The minimum Gasteiger partial charge on any atom is -0.392 e. The first-order valence-corrected chi connectivity index (χ1v) is 10.1. The summed E-state index contributed by atoms with van der Waals surface area (Å²) < 4.78 is 0. The molecule has 0 aromatic heterocycles. The number of hydrogen-bond donors (Lipinski definition) is 0. The Labute approximate surface area is 154 Å². The molecular formula is C18H28ClNO3S. The molecule has 1 aliphatic rings. The molecule has 0 aromatic carbocycles. The van der Waals surface area contributed by atoms with Gasteiger partial charge in [0.1, 0.15) is 24.1 Å². The molecule has 0 amide bonds. The van der Waals surface area contributed by atoms with Crippen LogP contribution in [0.15, 0.2) is 16.8 Å². The third-order valence-electron chi connectivity index (χ3n) is 4.02. The number of Topliss-reactive ketones (excluding diaryl/α,β-unsaturated/α-hetero) is 2. The van der Waals surface area contributed by atoms with Crippen LogP contribution < -0.4 is 0 Å². The van der Waals surface area contributed by atoms with Crippen LogP contribution in [0.5, 0.6) is 0 Å². The first-order chi connectivity index (χ1) is 11.5.